The molecule has 0 fully saturated rings. The second-order valence-corrected chi connectivity index (χ2v) is 1.26. The highest BCUT2D eigenvalue weighted by atomic mass is 19.1. The molecule has 0 nitrogen and oxygen atoms in total. The van der Waals surface area contributed by atoms with Crippen LogP contribution in [0.15, 0.2) is 24.6 Å². The van der Waals surface area contributed by atoms with Gasteiger partial charge in [0.05, 0.1) is 0 Å². The van der Waals surface area contributed by atoms with Crippen molar-refractivity contribution in [1.29, 1.82) is 0 Å². The minimum Gasteiger partial charge on any atom is -0.208 e. The number of rotatable bonds is 2. The molecule has 0 aliphatic carbocycles. The van der Waals surface area contributed by atoms with Crippen LogP contribution in [-0.4, -0.2) is 0 Å². The highest BCUT2D eigenvalue weighted by Gasteiger charge is 1.73. The van der Waals surface area contributed by atoms with Crippen molar-refractivity contribution in [2.75, 3.05) is 0 Å². The topological polar surface area (TPSA) is 0 Å². The van der Waals surface area contributed by atoms with E-state index in [0.717, 1.165) is 6.42 Å². The normalized spacial score (nSPS) is 10.0. The monoisotopic (exact) mass is 100 g/mol. The van der Waals surface area contributed by atoms with Crippen LogP contribution in [0.2, 0.25) is 0 Å². The highest BCUT2D eigenvalue weighted by Crippen LogP contribution is 1.92. The molecule has 0 N–H and O–H groups in total. The fourth-order valence-corrected chi connectivity index (χ4v) is 0.246. The van der Waals surface area contributed by atoms with Gasteiger partial charge in [0.2, 0.25) is 0 Å². The van der Waals surface area contributed by atoms with Crippen molar-refractivity contribution in [3.05, 3.63) is 24.6 Å². The van der Waals surface area contributed by atoms with E-state index in [1.807, 2.05) is 6.92 Å². The van der Waals surface area contributed by atoms with E-state index >= 15 is 0 Å². The predicted molar refractivity (Wildman–Crippen MR) is 29.7 cm³/mol. The summed E-state index contributed by atoms with van der Waals surface area (Å²) in [5.74, 6) is -0.373. The maximum Gasteiger partial charge on any atom is 0.115 e. The average Bonchev–Trinajstić information content (AvgIpc) is 1.61. The van der Waals surface area contributed by atoms with Crippen LogP contribution < -0.4 is 0 Å². The standard InChI is InChI=1S/C6H9F/c1-3-4-5-6(2)7/h4-5H,2-3H2,1H3/b5-4-. The number of hydrogen-bond donors (Lipinski definition) is 0. The Labute approximate surface area is 43.4 Å². The van der Waals surface area contributed by atoms with Crippen molar-refractivity contribution in [3.63, 3.8) is 0 Å². The average molecular weight is 100 g/mol. The molecule has 0 spiro atoms. The van der Waals surface area contributed by atoms with E-state index in [1.54, 1.807) is 6.08 Å². The second-order valence-electron chi connectivity index (χ2n) is 1.26. The molecule has 0 bridgehead atoms. The molecule has 0 heterocycles. The van der Waals surface area contributed by atoms with Gasteiger partial charge in [0.15, 0.2) is 0 Å². The summed E-state index contributed by atoms with van der Waals surface area (Å²) in [4.78, 5) is 0. The van der Waals surface area contributed by atoms with Crippen molar-refractivity contribution in [1.82, 2.24) is 0 Å². The lowest BCUT2D eigenvalue weighted by Crippen LogP contribution is -1.56. The summed E-state index contributed by atoms with van der Waals surface area (Å²) in [7, 11) is 0. The van der Waals surface area contributed by atoms with Crippen LogP contribution >= 0.6 is 0 Å². The molecule has 0 saturated carbocycles. The minimum absolute atomic E-state index is 0.373. The molecule has 0 aromatic heterocycles. The first-order valence-corrected chi connectivity index (χ1v) is 2.28. The van der Waals surface area contributed by atoms with Crippen molar-refractivity contribution in [2.45, 2.75) is 13.3 Å². The van der Waals surface area contributed by atoms with E-state index < -0.39 is 0 Å². The molecule has 0 rings (SSSR count). The van der Waals surface area contributed by atoms with E-state index in [2.05, 4.69) is 6.58 Å². The van der Waals surface area contributed by atoms with Crippen molar-refractivity contribution in [2.24, 2.45) is 0 Å². The van der Waals surface area contributed by atoms with E-state index in [0.29, 0.717) is 0 Å². The Bertz CT molecular complexity index is 82.2. The fraction of sp³-hybridized carbons (Fsp3) is 0.333. The lowest BCUT2D eigenvalue weighted by Gasteiger charge is -1.75. The van der Waals surface area contributed by atoms with Gasteiger partial charge in [-0.15, -0.1) is 0 Å². The molecule has 0 unspecified atom stereocenters. The van der Waals surface area contributed by atoms with Gasteiger partial charge in [0.25, 0.3) is 0 Å². The molecule has 0 aromatic rings. The number of allylic oxidation sites excluding steroid dienone is 3. The van der Waals surface area contributed by atoms with Gasteiger partial charge in [0, 0.05) is 0 Å². The van der Waals surface area contributed by atoms with Crippen LogP contribution in [0.3, 0.4) is 0 Å². The molecular formula is C6H9F. The summed E-state index contributed by atoms with van der Waals surface area (Å²) in [6.45, 7) is 4.98. The zero-order valence-corrected chi connectivity index (χ0v) is 4.45. The van der Waals surface area contributed by atoms with Crippen LogP contribution in [-0.2, 0) is 0 Å². The van der Waals surface area contributed by atoms with Gasteiger partial charge >= 0.3 is 0 Å². The Morgan fingerprint density at radius 3 is 2.57 bits per heavy atom. The zero-order chi connectivity index (χ0) is 5.70. The molecule has 0 saturated heterocycles. The molecule has 1 heteroatoms. The lowest BCUT2D eigenvalue weighted by molar-refractivity contribution is 0.670. The largest absolute Gasteiger partial charge is 0.208 e. The Hall–Kier alpha value is -0.590. The van der Waals surface area contributed by atoms with Gasteiger partial charge in [-0.2, -0.15) is 0 Å². The summed E-state index contributed by atoms with van der Waals surface area (Å²) >= 11 is 0. The molecule has 0 atom stereocenters. The van der Waals surface area contributed by atoms with E-state index in [1.165, 1.54) is 6.08 Å². The van der Waals surface area contributed by atoms with Gasteiger partial charge in [-0.3, -0.25) is 0 Å². The van der Waals surface area contributed by atoms with E-state index in [9.17, 15) is 4.39 Å². The first-order chi connectivity index (χ1) is 3.27. The van der Waals surface area contributed by atoms with E-state index in [-0.39, 0.29) is 5.83 Å². The van der Waals surface area contributed by atoms with Crippen LogP contribution in [0.5, 0.6) is 0 Å². The molecule has 0 aliphatic heterocycles. The van der Waals surface area contributed by atoms with Crippen molar-refractivity contribution in [3.8, 4) is 0 Å². The lowest BCUT2D eigenvalue weighted by atomic mass is 10.4. The molecule has 0 aliphatic rings. The van der Waals surface area contributed by atoms with Crippen LogP contribution in [0.1, 0.15) is 13.3 Å². The second kappa shape index (κ2) is 3.59. The van der Waals surface area contributed by atoms with Gasteiger partial charge in [0.1, 0.15) is 5.83 Å². The molecule has 40 valence electrons. The minimum atomic E-state index is -0.373. The molecule has 0 radical (unpaired) electrons. The molecule has 0 amide bonds. The smallest absolute Gasteiger partial charge is 0.115 e. The van der Waals surface area contributed by atoms with Crippen molar-refractivity contribution >= 4 is 0 Å². The Balaban J connectivity index is 3.26. The summed E-state index contributed by atoms with van der Waals surface area (Å²) in [5.41, 5.74) is 0. The number of halogens is 1. The first kappa shape index (κ1) is 6.41. The third-order valence-corrected chi connectivity index (χ3v) is 0.534. The first-order valence-electron chi connectivity index (χ1n) is 2.28. The van der Waals surface area contributed by atoms with Crippen LogP contribution in [0, 0.1) is 0 Å². The van der Waals surface area contributed by atoms with Gasteiger partial charge < -0.3 is 0 Å². The van der Waals surface area contributed by atoms with Gasteiger partial charge in [-0.1, -0.05) is 19.6 Å². The van der Waals surface area contributed by atoms with E-state index in [4.69, 9.17) is 0 Å². The third-order valence-electron chi connectivity index (χ3n) is 0.534. The van der Waals surface area contributed by atoms with Gasteiger partial charge in [-0.25, -0.2) is 4.39 Å². The summed E-state index contributed by atoms with van der Waals surface area (Å²) < 4.78 is 11.6. The third kappa shape index (κ3) is 5.41. The van der Waals surface area contributed by atoms with Crippen LogP contribution in [0.25, 0.3) is 0 Å². The highest BCUT2D eigenvalue weighted by molar-refractivity contribution is 5.04. The summed E-state index contributed by atoms with van der Waals surface area (Å²) in [6, 6.07) is 0. The number of hydrogen-bond acceptors (Lipinski definition) is 0. The molecular weight excluding hydrogens is 91.1 g/mol. The maximum atomic E-state index is 11.6. The quantitative estimate of drug-likeness (QED) is 0.467. The SMILES string of the molecule is C=C(F)/C=C\CC. The molecule has 7 heavy (non-hydrogen) atoms. The Morgan fingerprint density at radius 2 is 2.43 bits per heavy atom. The molecule has 0 aromatic carbocycles. The van der Waals surface area contributed by atoms with Crippen molar-refractivity contribution < 1.29 is 4.39 Å². The Kier molecular flexibility index (Phi) is 3.29. The zero-order valence-electron chi connectivity index (χ0n) is 4.45. The van der Waals surface area contributed by atoms with Gasteiger partial charge in [-0.05, 0) is 12.5 Å². The Morgan fingerprint density at radius 1 is 1.86 bits per heavy atom. The summed E-state index contributed by atoms with van der Waals surface area (Å²) in [6.07, 6.45) is 3.95. The van der Waals surface area contributed by atoms with Crippen LogP contribution in [0.4, 0.5) is 4.39 Å². The maximum absolute atomic E-state index is 11.6. The summed E-state index contributed by atoms with van der Waals surface area (Å²) in [5, 5.41) is 0. The fourth-order valence-electron chi connectivity index (χ4n) is 0.246. The predicted octanol–water partition coefficient (Wildman–Crippen LogP) is 2.44.